The number of nitrogens with zero attached hydrogens (tertiary/aromatic N) is 1. The first-order chi connectivity index (χ1) is 8.65. The summed E-state index contributed by atoms with van der Waals surface area (Å²) in [6.07, 6.45) is 0. The highest BCUT2D eigenvalue weighted by Crippen LogP contribution is 2.09. The lowest BCUT2D eigenvalue weighted by Gasteiger charge is -2.31. The van der Waals surface area contributed by atoms with Gasteiger partial charge in [-0.25, -0.2) is 8.78 Å². The molecule has 0 aliphatic carbocycles. The highest BCUT2D eigenvalue weighted by Gasteiger charge is 2.15. The number of nitrogens with one attached hydrogen (secondary N) is 2. The van der Waals surface area contributed by atoms with Gasteiger partial charge in [0.15, 0.2) is 0 Å². The number of rotatable bonds is 4. The molecule has 100 valence electrons. The number of benzene rings is 1. The molecule has 2 rings (SSSR count). The van der Waals surface area contributed by atoms with Crippen LogP contribution >= 0.6 is 0 Å². The molecule has 1 saturated heterocycles. The van der Waals surface area contributed by atoms with Crippen LogP contribution < -0.4 is 10.6 Å². The SMILES string of the molecule is CN1CCNC(CNCc2ccc(F)cc2F)C1. The smallest absolute Gasteiger partial charge is 0.130 e. The monoisotopic (exact) mass is 255 g/mol. The first kappa shape index (κ1) is 13.4. The van der Waals surface area contributed by atoms with Gasteiger partial charge in [0.25, 0.3) is 0 Å². The van der Waals surface area contributed by atoms with Gasteiger partial charge >= 0.3 is 0 Å². The zero-order chi connectivity index (χ0) is 13.0. The van der Waals surface area contributed by atoms with Crippen LogP contribution in [0.5, 0.6) is 0 Å². The maximum Gasteiger partial charge on any atom is 0.130 e. The molecule has 0 radical (unpaired) electrons. The predicted molar refractivity (Wildman–Crippen MR) is 67.4 cm³/mol. The average molecular weight is 255 g/mol. The lowest BCUT2D eigenvalue weighted by molar-refractivity contribution is 0.235. The Morgan fingerprint density at radius 1 is 1.44 bits per heavy atom. The van der Waals surface area contributed by atoms with Gasteiger partial charge in [-0.15, -0.1) is 0 Å². The first-order valence-corrected chi connectivity index (χ1v) is 6.22. The molecular weight excluding hydrogens is 236 g/mol. The van der Waals surface area contributed by atoms with Gasteiger partial charge in [-0.1, -0.05) is 6.07 Å². The summed E-state index contributed by atoms with van der Waals surface area (Å²) in [4.78, 5) is 2.27. The summed E-state index contributed by atoms with van der Waals surface area (Å²) in [5.41, 5.74) is 0.501. The zero-order valence-corrected chi connectivity index (χ0v) is 10.5. The fraction of sp³-hybridized carbons (Fsp3) is 0.538. The third kappa shape index (κ3) is 3.73. The molecule has 5 heteroatoms. The van der Waals surface area contributed by atoms with Crippen molar-refractivity contribution in [1.82, 2.24) is 15.5 Å². The minimum atomic E-state index is -0.535. The zero-order valence-electron chi connectivity index (χ0n) is 10.5. The largest absolute Gasteiger partial charge is 0.311 e. The fourth-order valence-corrected chi connectivity index (χ4v) is 2.17. The standard InChI is InChI=1S/C13H19F2N3/c1-18-5-4-17-12(9-18)8-16-7-10-2-3-11(14)6-13(10)15/h2-3,6,12,16-17H,4-5,7-9H2,1H3. The van der Waals surface area contributed by atoms with Gasteiger partial charge in [-0.05, 0) is 13.1 Å². The first-order valence-electron chi connectivity index (χ1n) is 6.22. The van der Waals surface area contributed by atoms with E-state index in [9.17, 15) is 8.78 Å². The fourth-order valence-electron chi connectivity index (χ4n) is 2.17. The van der Waals surface area contributed by atoms with E-state index in [0.29, 0.717) is 18.2 Å². The van der Waals surface area contributed by atoms with E-state index < -0.39 is 11.6 Å². The van der Waals surface area contributed by atoms with E-state index in [0.717, 1.165) is 32.2 Å². The van der Waals surface area contributed by atoms with Crippen molar-refractivity contribution in [3.8, 4) is 0 Å². The van der Waals surface area contributed by atoms with Crippen molar-refractivity contribution in [3.63, 3.8) is 0 Å². The molecule has 1 fully saturated rings. The van der Waals surface area contributed by atoms with Crippen LogP contribution in [0.3, 0.4) is 0 Å². The molecule has 2 N–H and O–H groups in total. The molecule has 0 saturated carbocycles. The molecule has 1 atom stereocenters. The summed E-state index contributed by atoms with van der Waals surface area (Å²) in [7, 11) is 2.09. The van der Waals surface area contributed by atoms with E-state index in [-0.39, 0.29) is 0 Å². The quantitative estimate of drug-likeness (QED) is 0.839. The molecule has 1 aromatic carbocycles. The molecular formula is C13H19F2N3. The number of likely N-dealkylation sites (N-methyl/N-ethyl adjacent to an activating group) is 1. The number of hydrogen-bond donors (Lipinski definition) is 2. The van der Waals surface area contributed by atoms with Gasteiger partial charge in [0, 0.05) is 50.4 Å². The van der Waals surface area contributed by atoms with Gasteiger partial charge in [0.05, 0.1) is 0 Å². The van der Waals surface area contributed by atoms with E-state index in [1.807, 2.05) is 0 Å². The Kier molecular flexibility index (Phi) is 4.63. The molecule has 3 nitrogen and oxygen atoms in total. The van der Waals surface area contributed by atoms with E-state index in [1.165, 1.54) is 12.1 Å². The molecule has 0 bridgehead atoms. The minimum Gasteiger partial charge on any atom is -0.311 e. The van der Waals surface area contributed by atoms with Crippen LogP contribution in [0.25, 0.3) is 0 Å². The summed E-state index contributed by atoms with van der Waals surface area (Å²) < 4.78 is 26.1. The van der Waals surface area contributed by atoms with Gasteiger partial charge in [0.1, 0.15) is 11.6 Å². The van der Waals surface area contributed by atoms with E-state index in [1.54, 1.807) is 0 Å². The molecule has 0 spiro atoms. The Bertz CT molecular complexity index is 398. The maximum absolute atomic E-state index is 13.4. The van der Waals surface area contributed by atoms with Gasteiger partial charge < -0.3 is 15.5 Å². The Labute approximate surface area is 106 Å². The summed E-state index contributed by atoms with van der Waals surface area (Å²) in [6.45, 7) is 4.23. The second kappa shape index (κ2) is 6.22. The molecule has 0 amide bonds. The molecule has 1 aromatic rings. The third-order valence-electron chi connectivity index (χ3n) is 3.18. The highest BCUT2D eigenvalue weighted by molar-refractivity contribution is 5.18. The maximum atomic E-state index is 13.4. The second-order valence-electron chi connectivity index (χ2n) is 4.78. The topological polar surface area (TPSA) is 27.3 Å². The van der Waals surface area contributed by atoms with E-state index in [2.05, 4.69) is 22.6 Å². The van der Waals surface area contributed by atoms with E-state index >= 15 is 0 Å². The molecule has 1 aliphatic rings. The minimum absolute atomic E-state index is 0.382. The summed E-state index contributed by atoms with van der Waals surface area (Å²) in [6, 6.07) is 4.07. The average Bonchev–Trinajstić information content (AvgIpc) is 2.32. The van der Waals surface area contributed by atoms with E-state index in [4.69, 9.17) is 0 Å². The number of halogens is 2. The van der Waals surface area contributed by atoms with Crippen LogP contribution in [0.2, 0.25) is 0 Å². The lowest BCUT2D eigenvalue weighted by Crippen LogP contribution is -2.53. The van der Waals surface area contributed by atoms with Crippen LogP contribution in [0.4, 0.5) is 8.78 Å². The molecule has 1 heterocycles. The van der Waals surface area contributed by atoms with Crippen LogP contribution in [0.15, 0.2) is 18.2 Å². The lowest BCUT2D eigenvalue weighted by atomic mass is 10.2. The van der Waals surface area contributed by atoms with Crippen LogP contribution in [-0.2, 0) is 6.54 Å². The Morgan fingerprint density at radius 2 is 2.28 bits per heavy atom. The van der Waals surface area contributed by atoms with Crippen LogP contribution in [-0.4, -0.2) is 44.2 Å². The van der Waals surface area contributed by atoms with Crippen molar-refractivity contribution < 1.29 is 8.78 Å². The molecule has 1 aliphatic heterocycles. The van der Waals surface area contributed by atoms with Gasteiger partial charge in [-0.3, -0.25) is 0 Å². The van der Waals surface area contributed by atoms with Crippen molar-refractivity contribution in [3.05, 3.63) is 35.4 Å². The molecule has 1 unspecified atom stereocenters. The van der Waals surface area contributed by atoms with Gasteiger partial charge in [0.2, 0.25) is 0 Å². The highest BCUT2D eigenvalue weighted by atomic mass is 19.1. The summed E-state index contributed by atoms with van der Waals surface area (Å²) in [5, 5.41) is 6.60. The Morgan fingerprint density at radius 3 is 3.00 bits per heavy atom. The second-order valence-corrected chi connectivity index (χ2v) is 4.78. The summed E-state index contributed by atoms with van der Waals surface area (Å²) >= 11 is 0. The Balaban J connectivity index is 1.77. The predicted octanol–water partition coefficient (Wildman–Crippen LogP) is 0.958. The number of piperazine rings is 1. The summed E-state index contributed by atoms with van der Waals surface area (Å²) in [5.74, 6) is -1.02. The van der Waals surface area contributed by atoms with Crippen molar-refractivity contribution in [2.45, 2.75) is 12.6 Å². The molecule has 0 aromatic heterocycles. The third-order valence-corrected chi connectivity index (χ3v) is 3.18. The van der Waals surface area contributed by atoms with Crippen LogP contribution in [0.1, 0.15) is 5.56 Å². The number of hydrogen-bond acceptors (Lipinski definition) is 3. The Hall–Kier alpha value is -1.04. The van der Waals surface area contributed by atoms with Gasteiger partial charge in [-0.2, -0.15) is 0 Å². The van der Waals surface area contributed by atoms with Crippen molar-refractivity contribution >= 4 is 0 Å². The molecule has 18 heavy (non-hydrogen) atoms. The van der Waals surface area contributed by atoms with Crippen molar-refractivity contribution in [1.29, 1.82) is 0 Å². The van der Waals surface area contributed by atoms with Crippen LogP contribution in [0, 0.1) is 11.6 Å². The van der Waals surface area contributed by atoms with Crippen molar-refractivity contribution in [2.24, 2.45) is 0 Å². The normalized spacial score (nSPS) is 21.2. The van der Waals surface area contributed by atoms with Crippen molar-refractivity contribution in [2.75, 3.05) is 33.2 Å².